The summed E-state index contributed by atoms with van der Waals surface area (Å²) in [7, 11) is 1.95. The molecule has 6 heteroatoms. The van der Waals surface area contributed by atoms with Gasteiger partial charge in [-0.05, 0) is 96.3 Å². The average Bonchev–Trinajstić information content (AvgIpc) is 3.36. The second-order valence-electron chi connectivity index (χ2n) is 13.5. The minimum atomic E-state index is 0.00903. The van der Waals surface area contributed by atoms with E-state index < -0.39 is 0 Å². The lowest BCUT2D eigenvalue weighted by Crippen LogP contribution is -2.48. The van der Waals surface area contributed by atoms with E-state index in [-0.39, 0.29) is 5.54 Å². The van der Waals surface area contributed by atoms with Crippen molar-refractivity contribution in [2.24, 2.45) is 35.5 Å². The van der Waals surface area contributed by atoms with Crippen LogP contribution in [0.3, 0.4) is 0 Å². The van der Waals surface area contributed by atoms with Gasteiger partial charge in [-0.15, -0.1) is 0 Å². The number of carbonyl (C=O) groups is 3. The second-order valence-corrected chi connectivity index (χ2v) is 13.5. The molecule has 198 valence electrons. The molecule has 6 fully saturated rings. The monoisotopic (exact) mass is 487 g/mol. The van der Waals surface area contributed by atoms with Crippen molar-refractivity contribution in [3.05, 3.63) is 0 Å². The van der Waals surface area contributed by atoms with E-state index in [0.29, 0.717) is 65.4 Å². The largest absolute Gasteiger partial charge is 0.353 e. The van der Waals surface area contributed by atoms with Crippen LogP contribution < -0.4 is 5.32 Å². The molecule has 0 aromatic carbocycles. The van der Waals surface area contributed by atoms with E-state index in [9.17, 15) is 14.4 Å². The van der Waals surface area contributed by atoms with Gasteiger partial charge < -0.3 is 15.1 Å². The van der Waals surface area contributed by atoms with E-state index in [1.807, 2.05) is 11.9 Å². The van der Waals surface area contributed by atoms with Crippen LogP contribution in [0.25, 0.3) is 0 Å². The molecule has 9 atom stereocenters. The van der Waals surface area contributed by atoms with Gasteiger partial charge in [-0.3, -0.25) is 14.4 Å². The van der Waals surface area contributed by atoms with E-state index in [0.717, 1.165) is 44.4 Å². The highest BCUT2D eigenvalue weighted by Crippen LogP contribution is 2.43. The van der Waals surface area contributed by atoms with Gasteiger partial charge >= 0.3 is 0 Å². The Kier molecular flexibility index (Phi) is 7.60. The van der Waals surface area contributed by atoms with Gasteiger partial charge in [0, 0.05) is 48.5 Å². The third-order valence-electron chi connectivity index (χ3n) is 10.0. The normalized spacial score (nSPS) is 41.7. The summed E-state index contributed by atoms with van der Waals surface area (Å²) < 4.78 is 0. The maximum absolute atomic E-state index is 12.1. The van der Waals surface area contributed by atoms with Crippen molar-refractivity contribution < 1.29 is 14.4 Å². The molecule has 35 heavy (non-hydrogen) atoms. The Bertz CT molecular complexity index is 820. The molecule has 0 aromatic rings. The van der Waals surface area contributed by atoms with Crippen molar-refractivity contribution >= 4 is 17.7 Å². The number of hydrogen-bond acceptors (Lipinski definition) is 3. The number of nitrogens with zero attached hydrogens (tertiary/aromatic N) is 2. The Hall–Kier alpha value is -1.59. The van der Waals surface area contributed by atoms with Crippen LogP contribution in [-0.2, 0) is 14.4 Å². The molecule has 1 N–H and O–H groups in total. The van der Waals surface area contributed by atoms with Gasteiger partial charge in [0.05, 0.1) is 0 Å². The quantitative estimate of drug-likeness (QED) is 0.542. The Labute approximate surface area is 212 Å². The summed E-state index contributed by atoms with van der Waals surface area (Å²) in [4.78, 5) is 38.8. The Morgan fingerprint density at radius 3 is 1.77 bits per heavy atom. The summed E-state index contributed by atoms with van der Waals surface area (Å²) in [5.41, 5.74) is 0.00903. The molecule has 0 radical (unpaired) electrons. The number of nitrogens with one attached hydrogen (secondary N) is 1. The highest BCUT2D eigenvalue weighted by Gasteiger charge is 2.49. The van der Waals surface area contributed by atoms with E-state index in [1.54, 1.807) is 0 Å². The van der Waals surface area contributed by atoms with Crippen molar-refractivity contribution in [3.63, 3.8) is 0 Å². The third-order valence-corrected chi connectivity index (χ3v) is 10.0. The van der Waals surface area contributed by atoms with Gasteiger partial charge in [0.15, 0.2) is 0 Å². The lowest BCUT2D eigenvalue weighted by atomic mass is 9.82. The molecule has 9 unspecified atom stereocenters. The van der Waals surface area contributed by atoms with Crippen molar-refractivity contribution in [1.29, 1.82) is 0 Å². The van der Waals surface area contributed by atoms with E-state index in [2.05, 4.69) is 51.8 Å². The zero-order chi connectivity index (χ0) is 25.7. The molecular weight excluding hydrogens is 438 g/mol. The molecule has 6 nitrogen and oxygen atoms in total. The number of likely N-dealkylation sites (tertiary alicyclic amines) is 2. The minimum absolute atomic E-state index is 0.00903. The SMILES string of the molecule is CC1CCC2CC1N(C(C)(C)C)C2=O.CC1CCC2CC1N(C)C2=O.CC1CCC2CC1NC2=O. The zero-order valence-corrected chi connectivity index (χ0v) is 23.2. The highest BCUT2D eigenvalue weighted by atomic mass is 16.2. The van der Waals surface area contributed by atoms with Crippen LogP contribution in [0.1, 0.15) is 99.3 Å². The molecule has 0 aromatic heterocycles. The number of rotatable bonds is 0. The van der Waals surface area contributed by atoms with Crippen molar-refractivity contribution in [3.8, 4) is 0 Å². The lowest BCUT2D eigenvalue weighted by molar-refractivity contribution is -0.136. The fraction of sp³-hybridized carbons (Fsp3) is 0.897. The first kappa shape index (κ1) is 26.5. The molecule has 3 aliphatic carbocycles. The molecule has 6 rings (SSSR count). The minimum Gasteiger partial charge on any atom is -0.353 e. The topological polar surface area (TPSA) is 69.7 Å². The van der Waals surface area contributed by atoms with Gasteiger partial charge in [0.2, 0.25) is 17.7 Å². The Balaban J connectivity index is 0.000000126. The number of carbonyl (C=O) groups excluding carboxylic acids is 3. The summed E-state index contributed by atoms with van der Waals surface area (Å²) in [5.74, 6) is 4.31. The van der Waals surface area contributed by atoms with Crippen molar-refractivity contribution in [2.75, 3.05) is 7.05 Å². The smallest absolute Gasteiger partial charge is 0.226 e. The lowest BCUT2D eigenvalue weighted by Gasteiger charge is -2.39. The predicted molar refractivity (Wildman–Crippen MR) is 138 cm³/mol. The maximum atomic E-state index is 12.1. The second kappa shape index (κ2) is 10.0. The molecule has 6 aliphatic rings. The Morgan fingerprint density at radius 2 is 1.20 bits per heavy atom. The summed E-state index contributed by atoms with van der Waals surface area (Å²) in [6.07, 6.45) is 10.4. The van der Waals surface area contributed by atoms with Gasteiger partial charge in [-0.25, -0.2) is 0 Å². The van der Waals surface area contributed by atoms with E-state index in [1.165, 1.54) is 19.3 Å². The van der Waals surface area contributed by atoms with Gasteiger partial charge in [-0.1, -0.05) is 20.8 Å². The van der Waals surface area contributed by atoms with Crippen LogP contribution >= 0.6 is 0 Å². The molecule has 3 saturated heterocycles. The van der Waals surface area contributed by atoms with Crippen LogP contribution in [-0.4, -0.2) is 58.2 Å². The number of hydrogen-bond donors (Lipinski definition) is 1. The first-order valence-electron chi connectivity index (χ1n) is 14.3. The molecule has 3 aliphatic heterocycles. The van der Waals surface area contributed by atoms with Crippen molar-refractivity contribution in [2.45, 2.75) is 123 Å². The van der Waals surface area contributed by atoms with Crippen LogP contribution in [0, 0.1) is 35.5 Å². The molecule has 6 bridgehead atoms. The number of amides is 3. The van der Waals surface area contributed by atoms with Gasteiger partial charge in [-0.2, -0.15) is 0 Å². The molecule has 0 spiro atoms. The molecule has 3 amide bonds. The fourth-order valence-electron chi connectivity index (χ4n) is 7.65. The first-order valence-corrected chi connectivity index (χ1v) is 14.3. The van der Waals surface area contributed by atoms with E-state index in [4.69, 9.17) is 0 Å². The molecular formula is C29H49N3O3. The van der Waals surface area contributed by atoms with Crippen LogP contribution in [0.4, 0.5) is 0 Å². The summed E-state index contributed by atoms with van der Waals surface area (Å²) in [6.45, 7) is 13.2. The van der Waals surface area contributed by atoms with Crippen LogP contribution in [0.5, 0.6) is 0 Å². The molecule has 3 saturated carbocycles. The summed E-state index contributed by atoms with van der Waals surface area (Å²) in [5, 5.41) is 3.03. The van der Waals surface area contributed by atoms with E-state index >= 15 is 0 Å². The van der Waals surface area contributed by atoms with Crippen LogP contribution in [0.15, 0.2) is 0 Å². The summed E-state index contributed by atoms with van der Waals surface area (Å²) >= 11 is 0. The zero-order valence-electron chi connectivity index (χ0n) is 23.2. The molecule has 3 heterocycles. The fourth-order valence-corrected chi connectivity index (χ4v) is 7.65. The Morgan fingerprint density at radius 1 is 0.686 bits per heavy atom. The average molecular weight is 488 g/mol. The van der Waals surface area contributed by atoms with Crippen molar-refractivity contribution in [1.82, 2.24) is 15.1 Å². The van der Waals surface area contributed by atoms with Gasteiger partial charge in [0.1, 0.15) is 0 Å². The maximum Gasteiger partial charge on any atom is 0.226 e. The third kappa shape index (κ3) is 5.27. The number of fused-ring (bicyclic) bond motifs is 6. The first-order chi connectivity index (χ1) is 16.4. The standard InChI is InChI=1S/C12H21NO.C9H15NO.C8H13NO/c1-8-5-6-9-7-10(8)13(11(9)14)12(2,3)4;1-6-3-4-7-5-8(6)10(2)9(7)11;1-5-2-3-6-4-7(5)9-8(6)10/h8-10H,5-7H2,1-4H3;6-8H,3-5H2,1-2H3;5-7H,2-4H2,1H3,(H,9,10). The highest BCUT2D eigenvalue weighted by molar-refractivity contribution is 5.83. The predicted octanol–water partition coefficient (Wildman–Crippen LogP) is 4.62. The van der Waals surface area contributed by atoms with Crippen LogP contribution in [0.2, 0.25) is 0 Å². The summed E-state index contributed by atoms with van der Waals surface area (Å²) in [6, 6.07) is 1.58. The van der Waals surface area contributed by atoms with Gasteiger partial charge in [0.25, 0.3) is 0 Å².